The Morgan fingerprint density at radius 1 is 1.00 bits per heavy atom. The number of methoxy groups -OCH3 is 2. The zero-order chi connectivity index (χ0) is 22.4. The Balaban J connectivity index is 1.89. The number of halogens is 1. The molecule has 0 radical (unpaired) electrons. The molecule has 3 aromatic carbocycles. The molecule has 31 heavy (non-hydrogen) atoms. The van der Waals surface area contributed by atoms with Crippen molar-refractivity contribution < 1.29 is 19.2 Å². The van der Waals surface area contributed by atoms with Gasteiger partial charge in [-0.25, -0.2) is 0 Å². The van der Waals surface area contributed by atoms with Gasteiger partial charge in [0.05, 0.1) is 25.2 Å². The van der Waals surface area contributed by atoms with Gasteiger partial charge in [0, 0.05) is 33.4 Å². The maximum atomic E-state index is 13.1. The quantitative estimate of drug-likeness (QED) is 0.166. The van der Waals surface area contributed by atoms with Crippen molar-refractivity contribution in [2.75, 3.05) is 19.5 Å². The van der Waals surface area contributed by atoms with Gasteiger partial charge >= 0.3 is 0 Å². The molecule has 1 unspecified atom stereocenters. The summed E-state index contributed by atoms with van der Waals surface area (Å²) in [6.07, 6.45) is 0.152. The van der Waals surface area contributed by atoms with E-state index in [4.69, 9.17) is 9.47 Å². The maximum Gasteiger partial charge on any atom is 0.269 e. The monoisotopic (exact) mass is 532 g/mol. The lowest BCUT2D eigenvalue weighted by atomic mass is 9.97. The van der Waals surface area contributed by atoms with Crippen LogP contribution in [-0.2, 0) is 0 Å². The minimum absolute atomic E-state index is 0.00276. The highest BCUT2D eigenvalue weighted by Gasteiger charge is 2.20. The highest BCUT2D eigenvalue weighted by Crippen LogP contribution is 2.30. The molecule has 0 aliphatic rings. The van der Waals surface area contributed by atoms with E-state index in [1.807, 2.05) is 24.3 Å². The van der Waals surface area contributed by atoms with Crippen LogP contribution in [0.3, 0.4) is 0 Å². The van der Waals surface area contributed by atoms with E-state index in [1.54, 1.807) is 30.3 Å². The number of nitrogens with one attached hydrogen (secondary N) is 1. The van der Waals surface area contributed by atoms with Crippen LogP contribution in [0.2, 0.25) is 0 Å². The molecule has 0 aliphatic heterocycles. The van der Waals surface area contributed by atoms with E-state index in [1.165, 1.54) is 26.4 Å². The zero-order valence-corrected chi connectivity index (χ0v) is 19.2. The average molecular weight is 532 g/mol. The van der Waals surface area contributed by atoms with Crippen LogP contribution in [0.15, 0.2) is 66.7 Å². The van der Waals surface area contributed by atoms with Crippen molar-refractivity contribution in [3.05, 3.63) is 91.5 Å². The number of ether oxygens (including phenoxy) is 2. The Kier molecular flexibility index (Phi) is 7.45. The van der Waals surface area contributed by atoms with Crippen LogP contribution >= 0.6 is 22.6 Å². The molecule has 1 N–H and O–H groups in total. The highest BCUT2D eigenvalue weighted by molar-refractivity contribution is 14.1. The first-order valence-corrected chi connectivity index (χ1v) is 10.5. The first-order chi connectivity index (χ1) is 14.9. The lowest BCUT2D eigenvalue weighted by Gasteiger charge is -2.20. The molecule has 0 aliphatic carbocycles. The standard InChI is InChI=1S/C23H21IN2O5/c1-30-22-12-5-16(13-23(22)31-2)21(27)14-20(25-18-8-6-17(24)7-9-18)15-3-10-19(11-4-15)26(28)29/h3-13,20,25H,14H2,1-2H3. The second-order valence-corrected chi connectivity index (χ2v) is 8.00. The van der Waals surface area contributed by atoms with Gasteiger partial charge in [-0.3, -0.25) is 14.9 Å². The summed E-state index contributed by atoms with van der Waals surface area (Å²) < 4.78 is 11.6. The second kappa shape index (κ2) is 10.3. The van der Waals surface area contributed by atoms with Gasteiger partial charge < -0.3 is 14.8 Å². The van der Waals surface area contributed by atoms with Gasteiger partial charge in [-0.15, -0.1) is 0 Å². The number of non-ortho nitro benzene ring substituents is 1. The van der Waals surface area contributed by atoms with Crippen molar-refractivity contribution in [1.29, 1.82) is 0 Å². The van der Waals surface area contributed by atoms with E-state index in [0.717, 1.165) is 14.8 Å². The number of ketones is 1. The smallest absolute Gasteiger partial charge is 0.269 e. The third kappa shape index (κ3) is 5.72. The molecule has 0 aromatic heterocycles. The number of carbonyl (C=O) groups is 1. The van der Waals surface area contributed by atoms with E-state index in [2.05, 4.69) is 27.9 Å². The van der Waals surface area contributed by atoms with Gasteiger partial charge in [0.2, 0.25) is 0 Å². The number of anilines is 1. The Morgan fingerprint density at radius 3 is 2.23 bits per heavy atom. The number of carbonyl (C=O) groups excluding carboxylic acids is 1. The van der Waals surface area contributed by atoms with Crippen molar-refractivity contribution >= 4 is 39.7 Å². The Hall–Kier alpha value is -3.14. The number of benzene rings is 3. The van der Waals surface area contributed by atoms with E-state index >= 15 is 0 Å². The fourth-order valence-electron chi connectivity index (χ4n) is 3.14. The van der Waals surface area contributed by atoms with Gasteiger partial charge in [-0.2, -0.15) is 0 Å². The first kappa shape index (κ1) is 22.5. The van der Waals surface area contributed by atoms with Crippen LogP contribution in [0.25, 0.3) is 0 Å². The van der Waals surface area contributed by atoms with Crippen LogP contribution in [0.4, 0.5) is 11.4 Å². The molecular weight excluding hydrogens is 511 g/mol. The summed E-state index contributed by atoms with van der Waals surface area (Å²) in [6, 6.07) is 18.7. The fourth-order valence-corrected chi connectivity index (χ4v) is 3.50. The topological polar surface area (TPSA) is 90.7 Å². The van der Waals surface area contributed by atoms with Crippen molar-refractivity contribution in [3.8, 4) is 11.5 Å². The third-order valence-corrected chi connectivity index (χ3v) is 5.51. The average Bonchev–Trinajstić information content (AvgIpc) is 2.79. The van der Waals surface area contributed by atoms with E-state index in [-0.39, 0.29) is 23.9 Å². The SMILES string of the molecule is COc1ccc(C(=O)CC(Nc2ccc(I)cc2)c2ccc([N+](=O)[O-])cc2)cc1OC. The number of hydrogen-bond donors (Lipinski definition) is 1. The van der Waals surface area contributed by atoms with Crippen molar-refractivity contribution in [3.63, 3.8) is 0 Å². The molecule has 3 rings (SSSR count). The molecule has 0 heterocycles. The molecular formula is C23H21IN2O5. The summed E-state index contributed by atoms with van der Waals surface area (Å²) in [5.74, 6) is 0.927. The molecule has 8 heteroatoms. The van der Waals surface area contributed by atoms with E-state index < -0.39 is 4.92 Å². The predicted octanol–water partition coefficient (Wildman–Crippen LogP) is 5.64. The molecule has 0 saturated carbocycles. The number of rotatable bonds is 9. The molecule has 0 amide bonds. The number of Topliss-reactive ketones (excluding diaryl/α,β-unsaturated/α-hetero) is 1. The summed E-state index contributed by atoms with van der Waals surface area (Å²) >= 11 is 2.22. The number of hydrogen-bond acceptors (Lipinski definition) is 6. The summed E-state index contributed by atoms with van der Waals surface area (Å²) in [7, 11) is 3.05. The van der Waals surface area contributed by atoms with Crippen molar-refractivity contribution in [2.24, 2.45) is 0 Å². The van der Waals surface area contributed by atoms with Crippen molar-refractivity contribution in [1.82, 2.24) is 0 Å². The van der Waals surface area contributed by atoms with Crippen LogP contribution < -0.4 is 14.8 Å². The summed E-state index contributed by atoms with van der Waals surface area (Å²) in [5.41, 5.74) is 2.12. The Morgan fingerprint density at radius 2 is 1.65 bits per heavy atom. The lowest BCUT2D eigenvalue weighted by molar-refractivity contribution is -0.384. The summed E-state index contributed by atoms with van der Waals surface area (Å²) in [5, 5.41) is 14.4. The first-order valence-electron chi connectivity index (χ1n) is 9.43. The third-order valence-electron chi connectivity index (χ3n) is 4.79. The van der Waals surface area contributed by atoms with Gasteiger partial charge in [-0.1, -0.05) is 12.1 Å². The largest absolute Gasteiger partial charge is 0.493 e. The van der Waals surface area contributed by atoms with Gasteiger partial charge in [0.1, 0.15) is 0 Å². The molecule has 0 spiro atoms. The minimum atomic E-state index is -0.444. The normalized spacial score (nSPS) is 11.5. The summed E-state index contributed by atoms with van der Waals surface area (Å²) in [4.78, 5) is 23.6. The predicted molar refractivity (Wildman–Crippen MR) is 127 cm³/mol. The molecule has 160 valence electrons. The van der Waals surface area contributed by atoms with E-state index in [9.17, 15) is 14.9 Å². The molecule has 0 fully saturated rings. The lowest BCUT2D eigenvalue weighted by Crippen LogP contribution is -2.16. The van der Waals surface area contributed by atoms with Crippen LogP contribution in [0, 0.1) is 13.7 Å². The Labute approximate surface area is 193 Å². The van der Waals surface area contributed by atoms with Gasteiger partial charge in [0.15, 0.2) is 17.3 Å². The van der Waals surface area contributed by atoms with Crippen molar-refractivity contribution in [2.45, 2.75) is 12.5 Å². The molecule has 0 saturated heterocycles. The molecule has 7 nitrogen and oxygen atoms in total. The second-order valence-electron chi connectivity index (χ2n) is 6.75. The summed E-state index contributed by atoms with van der Waals surface area (Å²) in [6.45, 7) is 0. The number of nitrogens with zero attached hydrogens (tertiary/aromatic N) is 1. The Bertz CT molecular complexity index is 1070. The van der Waals surface area contributed by atoms with Gasteiger partial charge in [-0.05, 0) is 70.6 Å². The van der Waals surface area contributed by atoms with Crippen LogP contribution in [-0.4, -0.2) is 24.9 Å². The van der Waals surface area contributed by atoms with Crippen LogP contribution in [0.5, 0.6) is 11.5 Å². The fraction of sp³-hybridized carbons (Fsp3) is 0.174. The van der Waals surface area contributed by atoms with Gasteiger partial charge in [0.25, 0.3) is 5.69 Å². The zero-order valence-electron chi connectivity index (χ0n) is 17.0. The maximum absolute atomic E-state index is 13.1. The molecule has 1 atom stereocenters. The van der Waals surface area contributed by atoms with E-state index in [0.29, 0.717) is 17.1 Å². The number of nitro groups is 1. The molecule has 0 bridgehead atoms. The number of nitro benzene ring substituents is 1. The highest BCUT2D eigenvalue weighted by atomic mass is 127. The minimum Gasteiger partial charge on any atom is -0.493 e. The molecule has 3 aromatic rings. The van der Waals surface area contributed by atoms with Crippen LogP contribution in [0.1, 0.15) is 28.4 Å².